The Morgan fingerprint density at radius 1 is 1.09 bits per heavy atom. The van der Waals surface area contributed by atoms with Gasteiger partial charge in [0, 0.05) is 17.9 Å². The summed E-state index contributed by atoms with van der Waals surface area (Å²) in [4.78, 5) is 8.56. The highest BCUT2D eigenvalue weighted by Crippen LogP contribution is 2.40. The molecule has 3 rings (SSSR count). The van der Waals surface area contributed by atoms with Gasteiger partial charge in [0.25, 0.3) is 0 Å². The van der Waals surface area contributed by atoms with Gasteiger partial charge in [0.2, 0.25) is 5.95 Å². The number of ether oxygens (including phenoxy) is 2. The van der Waals surface area contributed by atoms with E-state index in [0.29, 0.717) is 41.5 Å². The summed E-state index contributed by atoms with van der Waals surface area (Å²) < 4.78 is 14.5. The van der Waals surface area contributed by atoms with E-state index in [1.165, 1.54) is 11.9 Å². The maximum Gasteiger partial charge on any atom is 0.233 e. The highest BCUT2D eigenvalue weighted by atomic mass is 35.5. The summed E-state index contributed by atoms with van der Waals surface area (Å²) in [7, 11) is 0. The number of benzene rings is 2. The van der Waals surface area contributed by atoms with Crippen LogP contribution in [0.1, 0.15) is 30.7 Å². The molecule has 6 nitrogen and oxygen atoms in total. The van der Waals surface area contributed by atoms with Crippen molar-refractivity contribution >= 4 is 46.8 Å². The fourth-order valence-corrected chi connectivity index (χ4v) is 3.82. The maximum absolute atomic E-state index is 6.44. The van der Waals surface area contributed by atoms with Crippen LogP contribution in [0.15, 0.2) is 48.7 Å². The third-order valence-electron chi connectivity index (χ3n) is 4.99. The zero-order valence-corrected chi connectivity index (χ0v) is 20.5. The predicted molar refractivity (Wildman–Crippen MR) is 134 cm³/mol. The van der Waals surface area contributed by atoms with Crippen LogP contribution in [0, 0.1) is 0 Å². The molecular weight excluding hydrogens is 467 g/mol. The smallest absolute Gasteiger partial charge is 0.233 e. The first-order valence-electron chi connectivity index (χ1n) is 9.97. The van der Waals surface area contributed by atoms with E-state index >= 15 is 0 Å². The van der Waals surface area contributed by atoms with Crippen molar-refractivity contribution in [2.75, 3.05) is 29.2 Å². The van der Waals surface area contributed by atoms with Gasteiger partial charge >= 0.3 is 0 Å². The molecule has 3 aromatic rings. The first kappa shape index (κ1) is 24.3. The normalized spacial score (nSPS) is 11.3. The van der Waals surface area contributed by atoms with Crippen molar-refractivity contribution in [1.82, 2.24) is 9.97 Å². The number of alkyl halides is 1. The van der Waals surface area contributed by atoms with Gasteiger partial charge in [-0.15, -0.1) is 11.6 Å². The summed E-state index contributed by atoms with van der Waals surface area (Å²) in [5.74, 6) is 2.15. The van der Waals surface area contributed by atoms with Gasteiger partial charge in [-0.2, -0.15) is 0 Å². The second-order valence-electron chi connectivity index (χ2n) is 7.53. The van der Waals surface area contributed by atoms with Crippen LogP contribution >= 0.6 is 35.1 Å². The summed E-state index contributed by atoms with van der Waals surface area (Å²) in [6.07, 6.45) is 3.63. The van der Waals surface area contributed by atoms with Gasteiger partial charge in [0.15, 0.2) is 5.75 Å². The number of nitrogens with two attached hydrogens (primary N) is 1. The minimum atomic E-state index is -0.327. The predicted octanol–water partition coefficient (Wildman–Crippen LogP) is 5.92. The molecule has 2 aromatic carbocycles. The highest BCUT2D eigenvalue weighted by Gasteiger charge is 2.25. The molecule has 1 heterocycles. The standard InChI is InChI=1S/C23H26Cl2N4O2S/c1-23(2,16-12-19(25)21(20(26)13-16)30-11-9-24)15-4-6-18(7-5-15)31-14-17-8-10-27-22(28-17)29-32-3/h4-8,10,12-13H,9,11,14,26H2,1-3H3,(H,27,28,29). The van der Waals surface area contributed by atoms with Gasteiger partial charge in [0.1, 0.15) is 19.0 Å². The molecule has 9 heteroatoms. The van der Waals surface area contributed by atoms with Gasteiger partial charge in [-0.3, -0.25) is 4.72 Å². The Labute approximate surface area is 203 Å². The van der Waals surface area contributed by atoms with Crippen molar-refractivity contribution in [3.63, 3.8) is 0 Å². The summed E-state index contributed by atoms with van der Waals surface area (Å²) in [6, 6.07) is 13.6. The molecule has 0 saturated heterocycles. The molecular formula is C23H26Cl2N4O2S. The van der Waals surface area contributed by atoms with E-state index in [0.717, 1.165) is 22.6 Å². The Morgan fingerprint density at radius 3 is 2.50 bits per heavy atom. The molecule has 0 aliphatic rings. The van der Waals surface area contributed by atoms with E-state index < -0.39 is 0 Å². The lowest BCUT2D eigenvalue weighted by molar-refractivity contribution is 0.301. The topological polar surface area (TPSA) is 82.3 Å². The lowest BCUT2D eigenvalue weighted by Gasteiger charge is -2.27. The van der Waals surface area contributed by atoms with Crippen LogP contribution in [0.2, 0.25) is 5.02 Å². The Hall–Kier alpha value is -2.35. The average Bonchev–Trinajstić information content (AvgIpc) is 2.78. The highest BCUT2D eigenvalue weighted by molar-refractivity contribution is 7.99. The van der Waals surface area contributed by atoms with Gasteiger partial charge in [-0.1, -0.05) is 49.5 Å². The lowest BCUT2D eigenvalue weighted by Crippen LogP contribution is -2.19. The molecule has 0 atom stereocenters. The zero-order chi connectivity index (χ0) is 23.1. The molecule has 0 aliphatic heterocycles. The Balaban J connectivity index is 1.72. The third-order valence-corrected chi connectivity index (χ3v) is 5.81. The minimum absolute atomic E-state index is 0.327. The van der Waals surface area contributed by atoms with Gasteiger partial charge in [-0.05, 0) is 41.5 Å². The largest absolute Gasteiger partial charge is 0.489 e. The average molecular weight is 493 g/mol. The molecule has 0 aliphatic carbocycles. The van der Waals surface area contributed by atoms with Gasteiger partial charge in [-0.25, -0.2) is 9.97 Å². The first-order valence-corrected chi connectivity index (χ1v) is 12.1. The zero-order valence-electron chi connectivity index (χ0n) is 18.2. The number of hydrogen-bond donors (Lipinski definition) is 2. The summed E-state index contributed by atoms with van der Waals surface area (Å²) in [5, 5.41) is 0.471. The molecule has 0 unspecified atom stereocenters. The van der Waals surface area contributed by atoms with Crippen molar-refractivity contribution < 1.29 is 9.47 Å². The minimum Gasteiger partial charge on any atom is -0.489 e. The number of nitrogens with zero attached hydrogens (tertiary/aromatic N) is 2. The lowest BCUT2D eigenvalue weighted by atomic mass is 9.78. The van der Waals surface area contributed by atoms with E-state index in [-0.39, 0.29) is 5.41 Å². The first-order chi connectivity index (χ1) is 15.3. The number of hydrogen-bond acceptors (Lipinski definition) is 7. The Morgan fingerprint density at radius 2 is 1.84 bits per heavy atom. The third kappa shape index (κ3) is 5.91. The van der Waals surface area contributed by atoms with E-state index in [9.17, 15) is 0 Å². The second kappa shape index (κ2) is 11.0. The van der Waals surface area contributed by atoms with Crippen LogP contribution in [-0.2, 0) is 12.0 Å². The van der Waals surface area contributed by atoms with Crippen LogP contribution in [0.5, 0.6) is 11.5 Å². The van der Waals surface area contributed by atoms with E-state index in [1.807, 2.05) is 48.7 Å². The number of halogens is 2. The summed E-state index contributed by atoms with van der Waals surface area (Å²) in [6.45, 7) is 4.94. The SMILES string of the molecule is CSNc1nccc(COc2ccc(C(C)(C)c3cc(N)c(OCCCl)c(Cl)c3)cc2)n1. The molecule has 3 N–H and O–H groups in total. The maximum atomic E-state index is 6.44. The molecule has 0 bridgehead atoms. The van der Waals surface area contributed by atoms with Crippen molar-refractivity contribution in [2.45, 2.75) is 25.9 Å². The number of anilines is 2. The number of nitrogens with one attached hydrogen (secondary N) is 1. The van der Waals surface area contributed by atoms with Crippen LogP contribution in [0.25, 0.3) is 0 Å². The number of rotatable bonds is 10. The van der Waals surface area contributed by atoms with Crippen molar-refractivity contribution in [2.24, 2.45) is 0 Å². The molecule has 0 amide bonds. The van der Waals surface area contributed by atoms with Crippen molar-refractivity contribution in [3.8, 4) is 11.5 Å². The van der Waals surface area contributed by atoms with E-state index in [1.54, 1.807) is 6.20 Å². The van der Waals surface area contributed by atoms with Crippen LogP contribution < -0.4 is 19.9 Å². The van der Waals surface area contributed by atoms with Crippen molar-refractivity contribution in [3.05, 3.63) is 70.5 Å². The fraction of sp³-hybridized carbons (Fsp3) is 0.304. The van der Waals surface area contributed by atoms with Crippen molar-refractivity contribution in [1.29, 1.82) is 0 Å². The number of aromatic nitrogens is 2. The number of nitrogen functional groups attached to an aromatic ring is 1. The van der Waals surface area contributed by atoms with Gasteiger partial charge < -0.3 is 15.2 Å². The van der Waals surface area contributed by atoms with Crippen LogP contribution in [0.4, 0.5) is 11.6 Å². The quantitative estimate of drug-likeness (QED) is 0.206. The molecule has 0 fully saturated rings. The van der Waals surface area contributed by atoms with E-state index in [4.69, 9.17) is 38.4 Å². The van der Waals surface area contributed by atoms with Gasteiger partial charge in [0.05, 0.1) is 22.3 Å². The molecule has 170 valence electrons. The summed E-state index contributed by atoms with van der Waals surface area (Å²) >= 11 is 13.6. The Bertz CT molecular complexity index is 1030. The fourth-order valence-electron chi connectivity index (χ4n) is 3.18. The van der Waals surface area contributed by atoms with Crippen LogP contribution in [0.3, 0.4) is 0 Å². The monoisotopic (exact) mass is 492 g/mol. The van der Waals surface area contributed by atoms with Crippen LogP contribution in [-0.4, -0.2) is 28.7 Å². The molecule has 32 heavy (non-hydrogen) atoms. The summed E-state index contributed by atoms with van der Waals surface area (Å²) in [5.41, 5.74) is 9.24. The molecule has 1 aromatic heterocycles. The molecule has 0 spiro atoms. The molecule has 0 radical (unpaired) electrons. The Kier molecular flexibility index (Phi) is 8.34. The van der Waals surface area contributed by atoms with E-state index in [2.05, 4.69) is 28.5 Å². The second-order valence-corrected chi connectivity index (χ2v) is 8.93. The molecule has 0 saturated carbocycles.